The Hall–Kier alpha value is -0.490. The molecule has 1 aromatic rings. The summed E-state index contributed by atoms with van der Waals surface area (Å²) in [7, 11) is 0. The molecule has 104 valence electrons. The number of hydrogen-bond acceptors (Lipinski definition) is 3. The SMILES string of the molecule is NCC(c1cc(Br)ccc1F)N1CC2CCC(C1)O2. The van der Waals surface area contributed by atoms with Crippen LogP contribution < -0.4 is 5.73 Å². The lowest BCUT2D eigenvalue weighted by Gasteiger charge is -2.37. The van der Waals surface area contributed by atoms with Crippen LogP contribution in [-0.2, 0) is 4.74 Å². The fourth-order valence-electron chi connectivity index (χ4n) is 3.14. The second kappa shape index (κ2) is 5.48. The van der Waals surface area contributed by atoms with Gasteiger partial charge in [-0.25, -0.2) is 4.39 Å². The summed E-state index contributed by atoms with van der Waals surface area (Å²) in [6, 6.07) is 4.99. The molecule has 2 heterocycles. The van der Waals surface area contributed by atoms with Crippen molar-refractivity contribution in [3.63, 3.8) is 0 Å². The van der Waals surface area contributed by atoms with Gasteiger partial charge in [-0.15, -0.1) is 0 Å². The highest BCUT2D eigenvalue weighted by atomic mass is 79.9. The fraction of sp³-hybridized carbons (Fsp3) is 0.571. The van der Waals surface area contributed by atoms with Gasteiger partial charge in [0.2, 0.25) is 0 Å². The van der Waals surface area contributed by atoms with Crippen molar-refractivity contribution in [2.24, 2.45) is 5.73 Å². The molecule has 2 fully saturated rings. The van der Waals surface area contributed by atoms with E-state index in [1.54, 1.807) is 6.07 Å². The lowest BCUT2D eigenvalue weighted by Crippen LogP contribution is -2.46. The van der Waals surface area contributed by atoms with Crippen LogP contribution >= 0.6 is 15.9 Å². The predicted octanol–water partition coefficient (Wildman–Crippen LogP) is 2.45. The van der Waals surface area contributed by atoms with Gasteiger partial charge in [-0.1, -0.05) is 15.9 Å². The van der Waals surface area contributed by atoms with Gasteiger partial charge in [0.1, 0.15) is 5.82 Å². The molecule has 2 saturated heterocycles. The van der Waals surface area contributed by atoms with Crippen molar-refractivity contribution in [2.75, 3.05) is 19.6 Å². The first-order valence-corrected chi connectivity index (χ1v) is 7.51. The van der Waals surface area contributed by atoms with E-state index in [1.807, 2.05) is 6.07 Å². The third-order valence-corrected chi connectivity index (χ3v) is 4.55. The molecule has 19 heavy (non-hydrogen) atoms. The molecule has 3 unspecified atom stereocenters. The van der Waals surface area contributed by atoms with Gasteiger partial charge in [-0.2, -0.15) is 0 Å². The highest BCUT2D eigenvalue weighted by Crippen LogP contribution is 2.33. The van der Waals surface area contributed by atoms with Crippen LogP contribution in [0.2, 0.25) is 0 Å². The van der Waals surface area contributed by atoms with Crippen molar-refractivity contribution in [3.05, 3.63) is 34.1 Å². The number of ether oxygens (including phenoxy) is 1. The summed E-state index contributed by atoms with van der Waals surface area (Å²) >= 11 is 3.40. The van der Waals surface area contributed by atoms with Gasteiger partial charge in [0.05, 0.1) is 18.2 Å². The lowest BCUT2D eigenvalue weighted by molar-refractivity contribution is -0.0525. The zero-order valence-corrected chi connectivity index (χ0v) is 12.3. The van der Waals surface area contributed by atoms with Crippen LogP contribution in [0.4, 0.5) is 4.39 Å². The monoisotopic (exact) mass is 328 g/mol. The maximum Gasteiger partial charge on any atom is 0.128 e. The number of hydrogen-bond donors (Lipinski definition) is 1. The number of nitrogens with zero attached hydrogens (tertiary/aromatic N) is 1. The number of benzene rings is 1. The van der Waals surface area contributed by atoms with E-state index in [1.165, 1.54) is 6.07 Å². The molecule has 3 rings (SSSR count). The number of morpholine rings is 1. The summed E-state index contributed by atoms with van der Waals surface area (Å²) in [6.45, 7) is 2.13. The normalized spacial score (nSPS) is 28.6. The minimum absolute atomic E-state index is 0.0653. The molecule has 0 spiro atoms. The number of rotatable bonds is 3. The summed E-state index contributed by atoms with van der Waals surface area (Å²) in [5, 5.41) is 0. The first-order valence-electron chi connectivity index (χ1n) is 6.72. The first-order chi connectivity index (χ1) is 9.17. The van der Waals surface area contributed by atoms with Crippen molar-refractivity contribution < 1.29 is 9.13 Å². The minimum atomic E-state index is -0.183. The van der Waals surface area contributed by atoms with E-state index < -0.39 is 0 Å². The van der Waals surface area contributed by atoms with Crippen LogP contribution in [0, 0.1) is 5.82 Å². The molecule has 0 amide bonds. The Kier molecular flexibility index (Phi) is 3.89. The van der Waals surface area contributed by atoms with E-state index in [2.05, 4.69) is 20.8 Å². The van der Waals surface area contributed by atoms with Crippen LogP contribution in [0.1, 0.15) is 24.4 Å². The smallest absolute Gasteiger partial charge is 0.128 e. The van der Waals surface area contributed by atoms with Crippen LogP contribution in [0.25, 0.3) is 0 Å². The molecule has 2 aliphatic rings. The second-order valence-electron chi connectivity index (χ2n) is 5.33. The van der Waals surface area contributed by atoms with Crippen LogP contribution in [0.15, 0.2) is 22.7 Å². The van der Waals surface area contributed by atoms with E-state index in [4.69, 9.17) is 10.5 Å². The molecule has 5 heteroatoms. The van der Waals surface area contributed by atoms with E-state index in [0.717, 1.165) is 30.4 Å². The number of likely N-dealkylation sites (tertiary alicyclic amines) is 1. The summed E-state index contributed by atoms with van der Waals surface area (Å²) in [4.78, 5) is 2.27. The Balaban J connectivity index is 1.85. The van der Waals surface area contributed by atoms with E-state index in [9.17, 15) is 4.39 Å². The molecule has 2 aliphatic heterocycles. The average Bonchev–Trinajstić information content (AvgIpc) is 2.74. The third-order valence-electron chi connectivity index (χ3n) is 4.05. The van der Waals surface area contributed by atoms with Gasteiger partial charge in [0, 0.05) is 29.7 Å². The Labute approximate surface area is 121 Å². The Morgan fingerprint density at radius 3 is 2.68 bits per heavy atom. The number of halogens is 2. The first kappa shape index (κ1) is 13.5. The third kappa shape index (κ3) is 2.70. The molecular weight excluding hydrogens is 311 g/mol. The van der Waals surface area contributed by atoms with Gasteiger partial charge in [0.15, 0.2) is 0 Å². The molecule has 3 nitrogen and oxygen atoms in total. The summed E-state index contributed by atoms with van der Waals surface area (Å²) < 4.78 is 20.8. The molecule has 2 N–H and O–H groups in total. The molecule has 2 bridgehead atoms. The molecule has 3 atom stereocenters. The standard InChI is InChI=1S/C14H18BrFN2O/c15-9-1-4-13(16)12(5-9)14(6-17)18-7-10-2-3-11(8-18)19-10/h1,4-5,10-11,14H,2-3,6-8,17H2. The van der Waals surface area contributed by atoms with Gasteiger partial charge in [-0.3, -0.25) is 4.90 Å². The summed E-state index contributed by atoms with van der Waals surface area (Å²) in [6.07, 6.45) is 2.81. The zero-order chi connectivity index (χ0) is 13.4. The van der Waals surface area contributed by atoms with E-state index >= 15 is 0 Å². The van der Waals surface area contributed by atoms with Crippen molar-refractivity contribution in [1.82, 2.24) is 4.90 Å². The maximum absolute atomic E-state index is 14.0. The quantitative estimate of drug-likeness (QED) is 0.926. The van der Waals surface area contributed by atoms with Gasteiger partial charge in [-0.05, 0) is 31.0 Å². The molecular formula is C14H18BrFN2O. The fourth-order valence-corrected chi connectivity index (χ4v) is 3.52. The van der Waals surface area contributed by atoms with Gasteiger partial charge in [0.25, 0.3) is 0 Å². The lowest BCUT2D eigenvalue weighted by atomic mass is 10.0. The number of fused-ring (bicyclic) bond motifs is 2. The Morgan fingerprint density at radius 2 is 2.05 bits per heavy atom. The molecule has 0 saturated carbocycles. The highest BCUT2D eigenvalue weighted by molar-refractivity contribution is 9.10. The summed E-state index contributed by atoms with van der Waals surface area (Å²) in [5.41, 5.74) is 6.58. The van der Waals surface area contributed by atoms with Crippen molar-refractivity contribution in [3.8, 4) is 0 Å². The largest absolute Gasteiger partial charge is 0.372 e. The Bertz CT molecular complexity index is 459. The molecule has 0 radical (unpaired) electrons. The molecule has 1 aromatic carbocycles. The van der Waals surface area contributed by atoms with Gasteiger partial charge >= 0.3 is 0 Å². The average molecular weight is 329 g/mol. The highest BCUT2D eigenvalue weighted by Gasteiger charge is 2.37. The van der Waals surface area contributed by atoms with Crippen LogP contribution in [-0.4, -0.2) is 36.7 Å². The van der Waals surface area contributed by atoms with Gasteiger partial charge < -0.3 is 10.5 Å². The molecule has 0 aromatic heterocycles. The van der Waals surface area contributed by atoms with E-state index in [0.29, 0.717) is 24.3 Å². The zero-order valence-electron chi connectivity index (χ0n) is 10.7. The molecule has 0 aliphatic carbocycles. The maximum atomic E-state index is 14.0. The number of nitrogens with two attached hydrogens (primary N) is 1. The van der Waals surface area contributed by atoms with Crippen molar-refractivity contribution in [2.45, 2.75) is 31.1 Å². The van der Waals surface area contributed by atoms with E-state index in [-0.39, 0.29) is 11.9 Å². The Morgan fingerprint density at radius 1 is 1.37 bits per heavy atom. The minimum Gasteiger partial charge on any atom is -0.372 e. The van der Waals surface area contributed by atoms with Crippen LogP contribution in [0.5, 0.6) is 0 Å². The second-order valence-corrected chi connectivity index (χ2v) is 6.24. The predicted molar refractivity (Wildman–Crippen MR) is 75.4 cm³/mol. The summed E-state index contributed by atoms with van der Waals surface area (Å²) in [5.74, 6) is -0.183. The van der Waals surface area contributed by atoms with Crippen molar-refractivity contribution >= 4 is 15.9 Å². The van der Waals surface area contributed by atoms with Crippen molar-refractivity contribution in [1.29, 1.82) is 0 Å². The topological polar surface area (TPSA) is 38.5 Å². The van der Waals surface area contributed by atoms with Crippen LogP contribution in [0.3, 0.4) is 0 Å².